The maximum absolute atomic E-state index is 3.78. The summed E-state index contributed by atoms with van der Waals surface area (Å²) < 4.78 is 2.60. The summed E-state index contributed by atoms with van der Waals surface area (Å²) >= 11 is 6.25. The molecule has 1 aromatic rings. The Morgan fingerprint density at radius 2 is 1.80 bits per heavy atom. The molecule has 1 aromatic carbocycles. The molecule has 0 nitrogen and oxygen atoms in total. The van der Waals surface area contributed by atoms with Gasteiger partial charge in [0, 0.05) is 8.90 Å². The van der Waals surface area contributed by atoms with Crippen molar-refractivity contribution in [2.24, 2.45) is 0 Å². The molecule has 0 aromatic heterocycles. The Bertz CT molecular complexity index is 396. The first-order valence-corrected chi connectivity index (χ1v) is 7.84. The van der Waals surface area contributed by atoms with Crippen molar-refractivity contribution >= 4 is 38.5 Å². The average molecular weight is 379 g/mol. The van der Waals surface area contributed by atoms with Gasteiger partial charge in [-0.3, -0.25) is 0 Å². The summed E-state index contributed by atoms with van der Waals surface area (Å²) in [6.07, 6.45) is 5.10. The van der Waals surface area contributed by atoms with Crippen LogP contribution in [0.5, 0.6) is 0 Å². The Balaban J connectivity index is 2.62. The number of fused-ring (bicyclic) bond motifs is 1. The van der Waals surface area contributed by atoms with Crippen molar-refractivity contribution in [2.75, 3.05) is 4.43 Å². The van der Waals surface area contributed by atoms with Crippen LogP contribution in [0.15, 0.2) is 4.47 Å². The first kappa shape index (κ1) is 11.9. The van der Waals surface area contributed by atoms with E-state index in [-0.39, 0.29) is 0 Å². The van der Waals surface area contributed by atoms with Crippen LogP contribution in [0.25, 0.3) is 0 Å². The molecule has 0 bridgehead atoms. The van der Waals surface area contributed by atoms with Gasteiger partial charge in [0.25, 0.3) is 0 Å². The van der Waals surface area contributed by atoms with Crippen molar-refractivity contribution in [1.29, 1.82) is 0 Å². The SMILES string of the molecule is Cc1c(Br)c2c(c(C)c1CCI)CCC2. The predicted octanol–water partition coefficient (Wildman–Crippen LogP) is 4.53. The van der Waals surface area contributed by atoms with E-state index in [9.17, 15) is 0 Å². The largest absolute Gasteiger partial charge is 0.0860 e. The Morgan fingerprint density at radius 3 is 2.47 bits per heavy atom. The summed E-state index contributed by atoms with van der Waals surface area (Å²) in [5.74, 6) is 0. The van der Waals surface area contributed by atoms with Crippen LogP contribution in [-0.4, -0.2) is 4.43 Å². The molecule has 0 spiro atoms. The van der Waals surface area contributed by atoms with Crippen molar-refractivity contribution in [3.8, 4) is 0 Å². The fraction of sp³-hybridized carbons (Fsp3) is 0.538. The van der Waals surface area contributed by atoms with Gasteiger partial charge in [-0.15, -0.1) is 0 Å². The molecule has 15 heavy (non-hydrogen) atoms. The third kappa shape index (κ3) is 1.99. The van der Waals surface area contributed by atoms with Gasteiger partial charge in [0.05, 0.1) is 0 Å². The van der Waals surface area contributed by atoms with Gasteiger partial charge in [0.2, 0.25) is 0 Å². The Hall–Kier alpha value is 0.430. The highest BCUT2D eigenvalue weighted by Gasteiger charge is 2.20. The van der Waals surface area contributed by atoms with E-state index in [1.807, 2.05) is 0 Å². The molecule has 82 valence electrons. The molecule has 0 radical (unpaired) electrons. The zero-order valence-corrected chi connectivity index (χ0v) is 13.0. The molecule has 0 amide bonds. The normalized spacial score (nSPS) is 14.4. The van der Waals surface area contributed by atoms with E-state index in [0.717, 1.165) is 0 Å². The number of hydrogen-bond donors (Lipinski definition) is 0. The summed E-state index contributed by atoms with van der Waals surface area (Å²) in [7, 11) is 0. The quantitative estimate of drug-likeness (QED) is 0.523. The van der Waals surface area contributed by atoms with Crippen molar-refractivity contribution in [3.63, 3.8) is 0 Å². The van der Waals surface area contributed by atoms with Gasteiger partial charge in [0.15, 0.2) is 0 Å². The lowest BCUT2D eigenvalue weighted by atomic mass is 9.93. The second-order valence-corrected chi connectivity index (χ2v) is 6.16. The second-order valence-electron chi connectivity index (χ2n) is 4.29. The number of benzene rings is 1. The second kappa shape index (κ2) is 4.74. The maximum Gasteiger partial charge on any atom is 0.0242 e. The number of hydrogen-bond acceptors (Lipinski definition) is 0. The van der Waals surface area contributed by atoms with Crippen LogP contribution in [0.1, 0.15) is 34.2 Å². The number of alkyl halides is 1. The first-order chi connectivity index (χ1) is 7.16. The number of halogens is 2. The van der Waals surface area contributed by atoms with Crippen molar-refractivity contribution < 1.29 is 0 Å². The minimum absolute atomic E-state index is 1.21. The maximum atomic E-state index is 3.78. The number of rotatable bonds is 2. The Morgan fingerprint density at radius 1 is 1.13 bits per heavy atom. The van der Waals surface area contributed by atoms with Gasteiger partial charge >= 0.3 is 0 Å². The fourth-order valence-electron chi connectivity index (χ4n) is 2.69. The monoisotopic (exact) mass is 378 g/mol. The highest BCUT2D eigenvalue weighted by atomic mass is 127. The molecule has 0 fully saturated rings. The average Bonchev–Trinajstić information content (AvgIpc) is 2.70. The molecule has 2 rings (SSSR count). The van der Waals surface area contributed by atoms with E-state index in [1.165, 1.54) is 40.1 Å². The van der Waals surface area contributed by atoms with Crippen LogP contribution in [0.4, 0.5) is 0 Å². The van der Waals surface area contributed by atoms with E-state index in [4.69, 9.17) is 0 Å². The van der Waals surface area contributed by atoms with Gasteiger partial charge in [0.1, 0.15) is 0 Å². The van der Waals surface area contributed by atoms with E-state index >= 15 is 0 Å². The zero-order chi connectivity index (χ0) is 11.0. The molecule has 0 heterocycles. The lowest BCUT2D eigenvalue weighted by Crippen LogP contribution is -2.02. The van der Waals surface area contributed by atoms with Crippen LogP contribution in [0, 0.1) is 13.8 Å². The van der Waals surface area contributed by atoms with Crippen molar-refractivity contribution in [2.45, 2.75) is 39.5 Å². The Labute approximate surface area is 114 Å². The van der Waals surface area contributed by atoms with Crippen LogP contribution in [-0.2, 0) is 19.3 Å². The van der Waals surface area contributed by atoms with Gasteiger partial charge in [-0.2, -0.15) is 0 Å². The van der Waals surface area contributed by atoms with Crippen LogP contribution in [0.3, 0.4) is 0 Å². The molecule has 1 aliphatic rings. The molecule has 0 saturated heterocycles. The van der Waals surface area contributed by atoms with Crippen LogP contribution in [0.2, 0.25) is 0 Å². The topological polar surface area (TPSA) is 0 Å². The van der Waals surface area contributed by atoms with E-state index in [0.29, 0.717) is 0 Å². The van der Waals surface area contributed by atoms with E-state index in [2.05, 4.69) is 52.4 Å². The van der Waals surface area contributed by atoms with Gasteiger partial charge < -0.3 is 0 Å². The van der Waals surface area contributed by atoms with Crippen molar-refractivity contribution in [1.82, 2.24) is 0 Å². The minimum atomic E-state index is 1.21. The molecule has 1 aliphatic carbocycles. The zero-order valence-electron chi connectivity index (χ0n) is 9.29. The summed E-state index contributed by atoms with van der Waals surface area (Å²) in [6.45, 7) is 4.57. The van der Waals surface area contributed by atoms with Gasteiger partial charge in [-0.25, -0.2) is 0 Å². The molecule has 0 saturated carbocycles. The van der Waals surface area contributed by atoms with E-state index in [1.54, 1.807) is 22.3 Å². The summed E-state index contributed by atoms with van der Waals surface area (Å²) in [6, 6.07) is 0. The third-order valence-corrected chi connectivity index (χ3v) is 5.13. The highest BCUT2D eigenvalue weighted by molar-refractivity contribution is 14.1. The van der Waals surface area contributed by atoms with Crippen molar-refractivity contribution in [3.05, 3.63) is 32.3 Å². The molecule has 0 atom stereocenters. The third-order valence-electron chi connectivity index (χ3n) is 3.51. The molecule has 2 heteroatoms. The molecular formula is C13H16BrI. The van der Waals surface area contributed by atoms with E-state index < -0.39 is 0 Å². The standard InChI is InChI=1S/C13H16BrI/c1-8-10(6-7-15)9(2)13(14)12-5-3-4-11(8)12/h3-7H2,1-2H3. The molecular weight excluding hydrogens is 363 g/mol. The smallest absolute Gasteiger partial charge is 0.0242 e. The van der Waals surface area contributed by atoms with Gasteiger partial charge in [-0.1, -0.05) is 38.5 Å². The fourth-order valence-corrected chi connectivity index (χ4v) is 3.91. The first-order valence-electron chi connectivity index (χ1n) is 5.52. The van der Waals surface area contributed by atoms with Crippen LogP contribution < -0.4 is 0 Å². The lowest BCUT2D eigenvalue weighted by molar-refractivity contribution is 0.907. The van der Waals surface area contributed by atoms with Gasteiger partial charge in [-0.05, 0) is 67.3 Å². The molecule has 0 unspecified atom stereocenters. The predicted molar refractivity (Wildman–Crippen MR) is 78.2 cm³/mol. The summed E-state index contributed by atoms with van der Waals surface area (Å²) in [5.41, 5.74) is 7.84. The highest BCUT2D eigenvalue weighted by Crippen LogP contribution is 2.37. The molecule has 0 aliphatic heterocycles. The summed E-state index contributed by atoms with van der Waals surface area (Å²) in [4.78, 5) is 0. The molecule has 0 N–H and O–H groups in total. The lowest BCUT2D eigenvalue weighted by Gasteiger charge is -2.16. The minimum Gasteiger partial charge on any atom is -0.0860 e. The Kier molecular flexibility index (Phi) is 3.76. The van der Waals surface area contributed by atoms with Crippen LogP contribution >= 0.6 is 38.5 Å². The summed E-state index contributed by atoms with van der Waals surface area (Å²) in [5, 5.41) is 0.